The number of carbonyl (C=O) groups excluding carboxylic acids is 2. The molecule has 0 aromatic heterocycles. The Hall–Kier alpha value is -2.08. The highest BCUT2D eigenvalue weighted by Crippen LogP contribution is 1.99. The molecule has 0 saturated carbocycles. The molecule has 0 spiro atoms. The van der Waals surface area contributed by atoms with E-state index in [2.05, 4.69) is 10.9 Å². The second-order valence-corrected chi connectivity index (χ2v) is 3.67. The topological polar surface area (TPSA) is 76.7 Å². The van der Waals surface area contributed by atoms with Crippen molar-refractivity contribution in [1.82, 2.24) is 10.9 Å². The van der Waals surface area contributed by atoms with E-state index in [1.54, 1.807) is 6.92 Å². The summed E-state index contributed by atoms with van der Waals surface area (Å²) in [5.41, 5.74) is 5.82. The first-order valence-corrected chi connectivity index (χ1v) is 6.07. The first-order valence-electron chi connectivity index (χ1n) is 6.07. The van der Waals surface area contributed by atoms with Crippen molar-refractivity contribution in [2.75, 3.05) is 13.2 Å². The minimum absolute atomic E-state index is 0.187. The third-order valence-electron chi connectivity index (χ3n) is 2.16. The van der Waals surface area contributed by atoms with Gasteiger partial charge in [0.2, 0.25) is 0 Å². The number of amides is 1. The second-order valence-electron chi connectivity index (χ2n) is 3.67. The Bertz CT molecular complexity index is 395. The fourth-order valence-electron chi connectivity index (χ4n) is 1.29. The molecule has 104 valence electrons. The fourth-order valence-corrected chi connectivity index (χ4v) is 1.29. The smallest absolute Gasteiger partial charge is 0.421 e. The molecule has 0 aliphatic carbocycles. The number of hydrogen-bond acceptors (Lipinski definition) is 5. The van der Waals surface area contributed by atoms with Gasteiger partial charge in [0.05, 0.1) is 13.0 Å². The van der Waals surface area contributed by atoms with Gasteiger partial charge in [0.15, 0.2) is 0 Å². The molecular formula is C13H18N2O4. The van der Waals surface area contributed by atoms with Gasteiger partial charge in [-0.3, -0.25) is 10.2 Å². The predicted molar refractivity (Wildman–Crippen MR) is 69.0 cm³/mol. The lowest BCUT2D eigenvalue weighted by Gasteiger charge is -2.08. The average molecular weight is 266 g/mol. The highest BCUT2D eigenvalue weighted by Gasteiger charge is 2.03. The SMILES string of the molecule is CCOC(=O)CCNNC(=O)OCc1ccccc1. The molecule has 1 aromatic rings. The summed E-state index contributed by atoms with van der Waals surface area (Å²) < 4.78 is 9.69. The van der Waals surface area contributed by atoms with E-state index in [1.165, 1.54) is 0 Å². The standard InChI is InChI=1S/C13H18N2O4/c1-2-18-12(16)8-9-14-15-13(17)19-10-11-6-4-3-5-7-11/h3-7,14H,2,8-10H2,1H3,(H,15,17). The largest absolute Gasteiger partial charge is 0.466 e. The monoisotopic (exact) mass is 266 g/mol. The van der Waals surface area contributed by atoms with Crippen molar-refractivity contribution in [3.8, 4) is 0 Å². The van der Waals surface area contributed by atoms with Crippen molar-refractivity contribution >= 4 is 12.1 Å². The quantitative estimate of drug-likeness (QED) is 0.443. The van der Waals surface area contributed by atoms with Crippen molar-refractivity contribution in [3.63, 3.8) is 0 Å². The van der Waals surface area contributed by atoms with Crippen LogP contribution in [0.25, 0.3) is 0 Å². The minimum Gasteiger partial charge on any atom is -0.466 e. The Labute approximate surface area is 112 Å². The van der Waals surface area contributed by atoms with Crippen molar-refractivity contribution in [2.24, 2.45) is 0 Å². The Morgan fingerprint density at radius 3 is 2.58 bits per heavy atom. The number of hydrogen-bond donors (Lipinski definition) is 2. The number of esters is 1. The maximum atomic E-state index is 11.3. The van der Waals surface area contributed by atoms with Gasteiger partial charge in [0.25, 0.3) is 0 Å². The van der Waals surface area contributed by atoms with Crippen LogP contribution in [0.2, 0.25) is 0 Å². The van der Waals surface area contributed by atoms with E-state index < -0.39 is 6.09 Å². The highest BCUT2D eigenvalue weighted by molar-refractivity contribution is 5.69. The van der Waals surface area contributed by atoms with Crippen LogP contribution in [0.4, 0.5) is 4.79 Å². The van der Waals surface area contributed by atoms with Crippen LogP contribution in [0, 0.1) is 0 Å². The zero-order valence-corrected chi connectivity index (χ0v) is 10.8. The summed E-state index contributed by atoms with van der Waals surface area (Å²) in [6, 6.07) is 9.35. The molecule has 0 heterocycles. The number of carbonyl (C=O) groups is 2. The summed E-state index contributed by atoms with van der Waals surface area (Å²) >= 11 is 0. The molecule has 0 bridgehead atoms. The van der Waals surface area contributed by atoms with Gasteiger partial charge in [-0.25, -0.2) is 10.2 Å². The number of rotatable bonds is 7. The van der Waals surface area contributed by atoms with Gasteiger partial charge < -0.3 is 9.47 Å². The van der Waals surface area contributed by atoms with E-state index >= 15 is 0 Å². The van der Waals surface area contributed by atoms with Crippen LogP contribution in [0.3, 0.4) is 0 Å². The molecule has 6 heteroatoms. The Morgan fingerprint density at radius 1 is 1.16 bits per heavy atom. The van der Waals surface area contributed by atoms with Gasteiger partial charge in [0.1, 0.15) is 6.61 Å². The average Bonchev–Trinajstić information content (AvgIpc) is 2.43. The van der Waals surface area contributed by atoms with Gasteiger partial charge in [-0.15, -0.1) is 0 Å². The molecule has 0 aliphatic heterocycles. The van der Waals surface area contributed by atoms with Gasteiger partial charge >= 0.3 is 12.1 Å². The van der Waals surface area contributed by atoms with Crippen LogP contribution >= 0.6 is 0 Å². The third-order valence-corrected chi connectivity index (χ3v) is 2.16. The van der Waals surface area contributed by atoms with Gasteiger partial charge in [0, 0.05) is 6.54 Å². The van der Waals surface area contributed by atoms with Crippen molar-refractivity contribution < 1.29 is 19.1 Å². The molecule has 0 aliphatic rings. The maximum Gasteiger partial charge on any atom is 0.421 e. The molecule has 1 amide bonds. The van der Waals surface area contributed by atoms with E-state index in [4.69, 9.17) is 9.47 Å². The number of ether oxygens (including phenoxy) is 2. The summed E-state index contributed by atoms with van der Waals surface area (Å²) in [4.78, 5) is 22.3. The number of nitrogens with one attached hydrogen (secondary N) is 2. The Morgan fingerprint density at radius 2 is 1.89 bits per heavy atom. The molecule has 6 nitrogen and oxygen atoms in total. The van der Waals surface area contributed by atoms with Crippen LogP contribution < -0.4 is 10.9 Å². The van der Waals surface area contributed by atoms with E-state index in [1.807, 2.05) is 30.3 Å². The zero-order valence-electron chi connectivity index (χ0n) is 10.8. The summed E-state index contributed by atoms with van der Waals surface area (Å²) in [5, 5.41) is 0. The summed E-state index contributed by atoms with van der Waals surface area (Å²) in [6.07, 6.45) is -0.403. The van der Waals surface area contributed by atoms with Crippen LogP contribution in [-0.4, -0.2) is 25.2 Å². The van der Waals surface area contributed by atoms with Gasteiger partial charge in [-0.05, 0) is 12.5 Å². The molecule has 1 aromatic carbocycles. The zero-order chi connectivity index (χ0) is 13.9. The minimum atomic E-state index is -0.590. The van der Waals surface area contributed by atoms with Gasteiger partial charge in [-0.1, -0.05) is 30.3 Å². The molecule has 1 rings (SSSR count). The van der Waals surface area contributed by atoms with E-state index in [0.29, 0.717) is 13.2 Å². The van der Waals surface area contributed by atoms with Crippen molar-refractivity contribution in [3.05, 3.63) is 35.9 Å². The molecule has 19 heavy (non-hydrogen) atoms. The summed E-state index contributed by atoms with van der Waals surface area (Å²) in [6.45, 7) is 2.58. The first kappa shape index (κ1) is 15.0. The number of benzene rings is 1. The lowest BCUT2D eigenvalue weighted by molar-refractivity contribution is -0.143. The Balaban J connectivity index is 2.07. The van der Waals surface area contributed by atoms with Crippen molar-refractivity contribution in [1.29, 1.82) is 0 Å². The molecule has 0 unspecified atom stereocenters. The predicted octanol–water partition coefficient (Wildman–Crippen LogP) is 1.37. The molecule has 0 radical (unpaired) electrons. The molecular weight excluding hydrogens is 248 g/mol. The molecule has 0 fully saturated rings. The summed E-state index contributed by atoms with van der Waals surface area (Å²) in [7, 11) is 0. The molecule has 2 N–H and O–H groups in total. The Kier molecular flexibility index (Phi) is 7.04. The van der Waals surface area contributed by atoms with E-state index in [0.717, 1.165) is 5.56 Å². The molecule has 0 saturated heterocycles. The second kappa shape index (κ2) is 8.93. The normalized spacial score (nSPS) is 9.74. The van der Waals surface area contributed by atoms with Crippen molar-refractivity contribution in [2.45, 2.75) is 20.0 Å². The molecule has 0 atom stereocenters. The lowest BCUT2D eigenvalue weighted by Crippen LogP contribution is -2.39. The lowest BCUT2D eigenvalue weighted by atomic mass is 10.2. The van der Waals surface area contributed by atoms with Crippen LogP contribution in [0.1, 0.15) is 18.9 Å². The van der Waals surface area contributed by atoms with Crippen LogP contribution in [-0.2, 0) is 20.9 Å². The van der Waals surface area contributed by atoms with Crippen LogP contribution in [0.15, 0.2) is 30.3 Å². The highest BCUT2D eigenvalue weighted by atomic mass is 16.6. The maximum absolute atomic E-state index is 11.3. The van der Waals surface area contributed by atoms with Crippen LogP contribution in [0.5, 0.6) is 0 Å². The fraction of sp³-hybridized carbons (Fsp3) is 0.385. The third kappa shape index (κ3) is 7.05. The van der Waals surface area contributed by atoms with E-state index in [9.17, 15) is 9.59 Å². The van der Waals surface area contributed by atoms with Gasteiger partial charge in [-0.2, -0.15) is 0 Å². The summed E-state index contributed by atoms with van der Waals surface area (Å²) in [5.74, 6) is -0.311. The first-order chi connectivity index (χ1) is 9.22. The number of hydrazine groups is 1. The van der Waals surface area contributed by atoms with E-state index in [-0.39, 0.29) is 19.0 Å².